The van der Waals surface area contributed by atoms with E-state index in [-0.39, 0.29) is 12.5 Å². The van der Waals surface area contributed by atoms with Gasteiger partial charge in [0.15, 0.2) is 16.5 Å². The minimum atomic E-state index is -0.485. The molecule has 8 nitrogen and oxygen atoms in total. The Morgan fingerprint density at radius 2 is 2.09 bits per heavy atom. The van der Waals surface area contributed by atoms with Crippen molar-refractivity contribution in [3.63, 3.8) is 0 Å². The molecule has 0 radical (unpaired) electrons. The number of nitrogens with zero attached hydrogens (tertiary/aromatic N) is 3. The van der Waals surface area contributed by atoms with Crippen LogP contribution in [0.3, 0.4) is 0 Å². The summed E-state index contributed by atoms with van der Waals surface area (Å²) in [5, 5.41) is 7.27. The number of ether oxygens (including phenoxy) is 1. The molecule has 0 saturated carbocycles. The Balaban J connectivity index is 1.48. The number of rotatable bonds is 6. The molecule has 166 valence electrons. The third kappa shape index (κ3) is 3.94. The fraction of sp³-hybridized carbons (Fsp3) is 0.130. The van der Waals surface area contributed by atoms with Crippen LogP contribution in [0.2, 0.25) is 0 Å². The average Bonchev–Trinajstić information content (AvgIpc) is 3.53. The van der Waals surface area contributed by atoms with E-state index in [1.807, 2.05) is 35.0 Å². The Kier molecular flexibility index (Phi) is 5.53. The Labute approximate surface area is 196 Å². The molecule has 33 heavy (non-hydrogen) atoms. The molecule has 4 aromatic heterocycles. The van der Waals surface area contributed by atoms with Gasteiger partial charge in [-0.2, -0.15) is 11.3 Å². The number of nitrogen functional groups attached to an aromatic ring is 1. The molecule has 1 amide bonds. The van der Waals surface area contributed by atoms with Crippen LogP contribution in [-0.2, 0) is 11.3 Å². The molecule has 0 aliphatic rings. The van der Waals surface area contributed by atoms with E-state index in [9.17, 15) is 9.59 Å². The molecule has 0 atom stereocenters. The number of hydrogen-bond acceptors (Lipinski definition) is 8. The summed E-state index contributed by atoms with van der Waals surface area (Å²) in [6.45, 7) is 2.32. The second-order valence-electron chi connectivity index (χ2n) is 7.19. The van der Waals surface area contributed by atoms with Crippen molar-refractivity contribution in [3.05, 3.63) is 70.2 Å². The van der Waals surface area contributed by atoms with E-state index in [0.29, 0.717) is 34.3 Å². The lowest BCUT2D eigenvalue weighted by atomic mass is 10.2. The standard InChI is InChI=1S/C23H19N5O3S2/c1-2-31-22(30)19-18(14-7-9-32-12-14)27-20-15(4-3-8-28(19)20)21(29)25-11-13-5-6-16-17(10-13)33-23(24)26-16/h3-10,12H,2,11H2,1H3,(H2,24,26)(H,25,29). The molecule has 10 heteroatoms. The summed E-state index contributed by atoms with van der Waals surface area (Å²) < 4.78 is 7.85. The Bertz CT molecular complexity index is 1490. The van der Waals surface area contributed by atoms with Crippen molar-refractivity contribution in [2.24, 2.45) is 0 Å². The number of fused-ring (bicyclic) bond motifs is 2. The number of benzene rings is 1. The molecule has 1 aromatic carbocycles. The molecule has 3 N–H and O–H groups in total. The first-order chi connectivity index (χ1) is 16.0. The quantitative estimate of drug-likeness (QED) is 0.352. The SMILES string of the molecule is CCOC(=O)c1c(-c2ccsc2)nc2c(C(=O)NCc3ccc4nc(N)sc4c3)cccn12. The number of hydrogen-bond donors (Lipinski definition) is 2. The molecule has 5 rings (SSSR count). The maximum absolute atomic E-state index is 13.1. The fourth-order valence-corrected chi connectivity index (χ4v) is 5.05. The van der Waals surface area contributed by atoms with Crippen LogP contribution in [0.1, 0.15) is 33.3 Å². The van der Waals surface area contributed by atoms with Crippen molar-refractivity contribution in [2.45, 2.75) is 13.5 Å². The zero-order valence-electron chi connectivity index (χ0n) is 17.6. The number of pyridine rings is 1. The van der Waals surface area contributed by atoms with Gasteiger partial charge in [0.25, 0.3) is 5.91 Å². The number of imidazole rings is 1. The van der Waals surface area contributed by atoms with Crippen molar-refractivity contribution in [2.75, 3.05) is 12.3 Å². The monoisotopic (exact) mass is 477 g/mol. The van der Waals surface area contributed by atoms with Crippen LogP contribution >= 0.6 is 22.7 Å². The number of nitrogens with one attached hydrogen (secondary N) is 1. The van der Waals surface area contributed by atoms with E-state index < -0.39 is 5.97 Å². The van der Waals surface area contributed by atoms with Crippen LogP contribution in [0.15, 0.2) is 53.4 Å². The van der Waals surface area contributed by atoms with Crippen molar-refractivity contribution >= 4 is 55.5 Å². The average molecular weight is 478 g/mol. The number of nitrogens with two attached hydrogens (primary N) is 1. The van der Waals surface area contributed by atoms with Gasteiger partial charge < -0.3 is 15.8 Å². The van der Waals surface area contributed by atoms with Gasteiger partial charge in [-0.25, -0.2) is 14.8 Å². The molecule has 0 spiro atoms. The van der Waals surface area contributed by atoms with Crippen LogP contribution in [0, 0.1) is 0 Å². The number of amides is 1. The third-order valence-corrected chi connectivity index (χ3v) is 6.61. The predicted molar refractivity (Wildman–Crippen MR) is 130 cm³/mol. The molecule has 0 aliphatic carbocycles. The normalized spacial score (nSPS) is 11.2. The number of thiophene rings is 1. The van der Waals surface area contributed by atoms with Crippen LogP contribution in [0.5, 0.6) is 0 Å². The topological polar surface area (TPSA) is 112 Å². The number of aromatic nitrogens is 3. The van der Waals surface area contributed by atoms with Crippen LogP contribution < -0.4 is 11.1 Å². The van der Waals surface area contributed by atoms with E-state index in [2.05, 4.69) is 15.3 Å². The van der Waals surface area contributed by atoms with Crippen LogP contribution in [0.25, 0.3) is 27.1 Å². The molecule has 0 bridgehead atoms. The summed E-state index contributed by atoms with van der Waals surface area (Å²) in [4.78, 5) is 34.8. The number of esters is 1. The molecule has 4 heterocycles. The first-order valence-corrected chi connectivity index (χ1v) is 11.9. The zero-order chi connectivity index (χ0) is 22.9. The van der Waals surface area contributed by atoms with Crippen molar-refractivity contribution in [1.29, 1.82) is 0 Å². The summed E-state index contributed by atoms with van der Waals surface area (Å²) in [7, 11) is 0. The first-order valence-electron chi connectivity index (χ1n) is 10.2. The van der Waals surface area contributed by atoms with E-state index in [1.165, 1.54) is 22.7 Å². The Morgan fingerprint density at radius 1 is 1.21 bits per heavy atom. The molecular formula is C23H19N5O3S2. The smallest absolute Gasteiger partial charge is 0.357 e. The molecule has 0 aliphatic heterocycles. The van der Waals surface area contributed by atoms with Gasteiger partial charge in [0.2, 0.25) is 0 Å². The molecule has 0 saturated heterocycles. The highest BCUT2D eigenvalue weighted by Crippen LogP contribution is 2.29. The van der Waals surface area contributed by atoms with Gasteiger partial charge in [-0.05, 0) is 48.2 Å². The largest absolute Gasteiger partial charge is 0.461 e. The van der Waals surface area contributed by atoms with Gasteiger partial charge in [-0.15, -0.1) is 0 Å². The van der Waals surface area contributed by atoms with Gasteiger partial charge >= 0.3 is 5.97 Å². The van der Waals surface area contributed by atoms with E-state index in [4.69, 9.17) is 10.5 Å². The zero-order valence-corrected chi connectivity index (χ0v) is 19.2. The maximum atomic E-state index is 13.1. The number of carbonyl (C=O) groups is 2. The summed E-state index contributed by atoms with van der Waals surface area (Å²) in [5.74, 6) is -0.775. The van der Waals surface area contributed by atoms with Gasteiger partial charge in [0.1, 0.15) is 5.69 Å². The molecule has 0 unspecified atom stereocenters. The highest BCUT2D eigenvalue weighted by molar-refractivity contribution is 7.22. The summed E-state index contributed by atoms with van der Waals surface area (Å²) in [6.07, 6.45) is 1.71. The van der Waals surface area contributed by atoms with E-state index >= 15 is 0 Å². The van der Waals surface area contributed by atoms with Crippen molar-refractivity contribution in [1.82, 2.24) is 19.7 Å². The van der Waals surface area contributed by atoms with Crippen molar-refractivity contribution < 1.29 is 14.3 Å². The van der Waals surface area contributed by atoms with Gasteiger partial charge in [0, 0.05) is 23.7 Å². The predicted octanol–water partition coefficient (Wildman–Crippen LogP) is 4.36. The number of anilines is 1. The molecule has 0 fully saturated rings. The van der Waals surface area contributed by atoms with E-state index in [0.717, 1.165) is 21.3 Å². The van der Waals surface area contributed by atoms with Crippen LogP contribution in [0.4, 0.5) is 5.13 Å². The van der Waals surface area contributed by atoms with Crippen LogP contribution in [-0.4, -0.2) is 32.9 Å². The second-order valence-corrected chi connectivity index (χ2v) is 9.04. The number of carbonyl (C=O) groups excluding carboxylic acids is 2. The minimum Gasteiger partial charge on any atom is -0.461 e. The lowest BCUT2D eigenvalue weighted by molar-refractivity contribution is 0.0519. The summed E-state index contributed by atoms with van der Waals surface area (Å²) >= 11 is 2.91. The summed E-state index contributed by atoms with van der Waals surface area (Å²) in [5.41, 5.74) is 9.90. The lowest BCUT2D eigenvalue weighted by Crippen LogP contribution is -2.23. The summed E-state index contributed by atoms with van der Waals surface area (Å²) in [6, 6.07) is 11.1. The lowest BCUT2D eigenvalue weighted by Gasteiger charge is -2.08. The highest BCUT2D eigenvalue weighted by atomic mass is 32.1. The Morgan fingerprint density at radius 3 is 2.88 bits per heavy atom. The maximum Gasteiger partial charge on any atom is 0.357 e. The Hall–Kier alpha value is -3.76. The second kappa shape index (κ2) is 8.64. The van der Waals surface area contributed by atoms with Crippen molar-refractivity contribution in [3.8, 4) is 11.3 Å². The highest BCUT2D eigenvalue weighted by Gasteiger charge is 2.24. The van der Waals surface area contributed by atoms with Gasteiger partial charge in [0.05, 0.1) is 22.4 Å². The number of thiazole rings is 1. The third-order valence-electron chi connectivity index (χ3n) is 5.08. The fourth-order valence-electron chi connectivity index (χ4n) is 3.61. The minimum absolute atomic E-state index is 0.241. The molecular weight excluding hydrogens is 458 g/mol. The van der Waals surface area contributed by atoms with E-state index in [1.54, 1.807) is 29.7 Å². The first kappa shape index (κ1) is 21.1. The van der Waals surface area contributed by atoms with Gasteiger partial charge in [-0.3, -0.25) is 9.20 Å². The molecule has 5 aromatic rings. The van der Waals surface area contributed by atoms with Gasteiger partial charge in [-0.1, -0.05) is 17.4 Å².